The molecule has 0 bridgehead atoms. The molecule has 0 fully saturated rings. The van der Waals surface area contributed by atoms with Crippen LogP contribution in [0.4, 0.5) is 5.69 Å². The van der Waals surface area contributed by atoms with E-state index in [1.54, 1.807) is 42.5 Å². The van der Waals surface area contributed by atoms with Gasteiger partial charge in [0, 0.05) is 16.3 Å². The monoisotopic (exact) mass is 379 g/mol. The summed E-state index contributed by atoms with van der Waals surface area (Å²) < 4.78 is 0. The van der Waals surface area contributed by atoms with E-state index in [1.165, 1.54) is 0 Å². The zero-order chi connectivity index (χ0) is 17.3. The molecule has 0 radical (unpaired) electrons. The van der Waals surface area contributed by atoms with E-state index >= 15 is 0 Å². The lowest BCUT2D eigenvalue weighted by Crippen LogP contribution is -2.13. The van der Waals surface area contributed by atoms with Gasteiger partial charge in [-0.05, 0) is 42.8 Å². The van der Waals surface area contributed by atoms with E-state index in [2.05, 4.69) is 15.5 Å². The zero-order valence-electron chi connectivity index (χ0n) is 12.5. The van der Waals surface area contributed by atoms with E-state index in [1.807, 2.05) is 6.92 Å². The summed E-state index contributed by atoms with van der Waals surface area (Å²) in [6, 6.07) is 12.1. The first kappa shape index (κ1) is 16.8. The maximum Gasteiger partial charge on any atom is 0.273 e. The Morgan fingerprint density at radius 2 is 1.83 bits per heavy atom. The van der Waals surface area contributed by atoms with E-state index < -0.39 is 0 Å². The van der Waals surface area contributed by atoms with Crippen molar-refractivity contribution in [3.05, 3.63) is 68.8 Å². The molecule has 0 atom stereocenters. The van der Waals surface area contributed by atoms with Crippen LogP contribution >= 0.6 is 34.8 Å². The van der Waals surface area contributed by atoms with E-state index in [-0.39, 0.29) is 5.91 Å². The molecule has 0 saturated heterocycles. The highest BCUT2D eigenvalue weighted by molar-refractivity contribution is 6.42. The van der Waals surface area contributed by atoms with Crippen molar-refractivity contribution in [2.45, 2.75) is 6.92 Å². The third-order valence-corrected chi connectivity index (χ3v) is 4.70. The molecule has 4 nitrogen and oxygen atoms in total. The molecule has 122 valence electrons. The van der Waals surface area contributed by atoms with Gasteiger partial charge in [-0.3, -0.25) is 9.89 Å². The fourth-order valence-corrected chi connectivity index (χ4v) is 2.65. The second-order valence-corrected chi connectivity index (χ2v) is 6.38. The molecule has 1 aromatic heterocycles. The number of carbonyl (C=O) groups excluding carboxylic acids is 1. The third kappa shape index (κ3) is 3.41. The van der Waals surface area contributed by atoms with Gasteiger partial charge in [0.2, 0.25) is 0 Å². The summed E-state index contributed by atoms with van der Waals surface area (Å²) in [5.41, 5.74) is 3.14. The Morgan fingerprint density at radius 1 is 1.04 bits per heavy atom. The van der Waals surface area contributed by atoms with Crippen LogP contribution in [0.15, 0.2) is 42.5 Å². The summed E-state index contributed by atoms with van der Waals surface area (Å²) in [5, 5.41) is 11.2. The number of nitrogens with one attached hydrogen (secondary N) is 2. The number of amides is 1. The van der Waals surface area contributed by atoms with Crippen molar-refractivity contribution in [3.63, 3.8) is 0 Å². The molecule has 24 heavy (non-hydrogen) atoms. The Morgan fingerprint density at radius 3 is 2.58 bits per heavy atom. The number of hydrogen-bond acceptors (Lipinski definition) is 2. The molecule has 7 heteroatoms. The Hall–Kier alpha value is -2.01. The van der Waals surface area contributed by atoms with E-state index in [4.69, 9.17) is 34.8 Å². The molecule has 0 aliphatic rings. The van der Waals surface area contributed by atoms with Gasteiger partial charge in [0.15, 0.2) is 0 Å². The number of aromatic amines is 1. The summed E-state index contributed by atoms with van der Waals surface area (Å²) in [6.45, 7) is 1.84. The molecule has 2 aromatic carbocycles. The molecule has 0 aliphatic carbocycles. The van der Waals surface area contributed by atoms with Crippen LogP contribution in [0.3, 0.4) is 0 Å². The highest BCUT2D eigenvalue weighted by atomic mass is 35.5. The molecule has 1 heterocycles. The maximum atomic E-state index is 12.4. The number of benzene rings is 2. The van der Waals surface area contributed by atoms with Crippen LogP contribution in [0.25, 0.3) is 11.3 Å². The largest absolute Gasteiger partial charge is 0.320 e. The van der Waals surface area contributed by atoms with Crippen LogP contribution in [0, 0.1) is 6.92 Å². The number of H-pyrrole nitrogens is 1. The Kier molecular flexibility index (Phi) is 4.81. The van der Waals surface area contributed by atoms with Crippen LogP contribution in [-0.2, 0) is 0 Å². The zero-order valence-corrected chi connectivity index (χ0v) is 14.8. The van der Waals surface area contributed by atoms with Gasteiger partial charge in [-0.15, -0.1) is 0 Å². The van der Waals surface area contributed by atoms with Gasteiger partial charge in [0.25, 0.3) is 5.91 Å². The van der Waals surface area contributed by atoms with Crippen LogP contribution < -0.4 is 5.32 Å². The number of hydrogen-bond donors (Lipinski definition) is 2. The SMILES string of the molecule is Cc1c(Cl)cccc1NC(=O)c1cc(-c2ccc(Cl)c(Cl)c2)n[nH]1. The van der Waals surface area contributed by atoms with Gasteiger partial charge in [0.05, 0.1) is 15.7 Å². The van der Waals surface area contributed by atoms with Gasteiger partial charge in [0.1, 0.15) is 5.69 Å². The molecule has 3 aromatic rings. The van der Waals surface area contributed by atoms with E-state index in [0.717, 1.165) is 11.1 Å². The fraction of sp³-hybridized carbons (Fsp3) is 0.0588. The van der Waals surface area contributed by atoms with Crippen LogP contribution in [0.2, 0.25) is 15.1 Å². The first-order valence-corrected chi connectivity index (χ1v) is 8.16. The van der Waals surface area contributed by atoms with E-state index in [0.29, 0.717) is 32.1 Å². The van der Waals surface area contributed by atoms with Crippen molar-refractivity contribution in [1.29, 1.82) is 0 Å². The second kappa shape index (κ2) is 6.85. The summed E-state index contributed by atoms with van der Waals surface area (Å²) in [7, 11) is 0. The van der Waals surface area contributed by atoms with Crippen molar-refractivity contribution < 1.29 is 4.79 Å². The second-order valence-electron chi connectivity index (χ2n) is 5.16. The molecule has 2 N–H and O–H groups in total. The number of anilines is 1. The Labute approximate surface area is 153 Å². The molecule has 0 aliphatic heterocycles. The molecular weight excluding hydrogens is 369 g/mol. The van der Waals surface area contributed by atoms with Gasteiger partial charge in [-0.25, -0.2) is 0 Å². The normalized spacial score (nSPS) is 10.7. The lowest BCUT2D eigenvalue weighted by atomic mass is 10.1. The average molecular weight is 381 g/mol. The van der Waals surface area contributed by atoms with Crippen LogP contribution in [0.1, 0.15) is 16.1 Å². The number of aromatic nitrogens is 2. The number of carbonyl (C=O) groups is 1. The van der Waals surface area contributed by atoms with E-state index in [9.17, 15) is 4.79 Å². The van der Waals surface area contributed by atoms with Crippen molar-refractivity contribution in [3.8, 4) is 11.3 Å². The summed E-state index contributed by atoms with van der Waals surface area (Å²) in [5.74, 6) is -0.306. The lowest BCUT2D eigenvalue weighted by Gasteiger charge is -2.08. The number of rotatable bonds is 3. The van der Waals surface area contributed by atoms with Crippen molar-refractivity contribution in [2.75, 3.05) is 5.32 Å². The van der Waals surface area contributed by atoms with Crippen molar-refractivity contribution in [1.82, 2.24) is 10.2 Å². The first-order valence-electron chi connectivity index (χ1n) is 7.03. The molecule has 3 rings (SSSR count). The maximum absolute atomic E-state index is 12.4. The van der Waals surface area contributed by atoms with Crippen molar-refractivity contribution >= 4 is 46.4 Å². The topological polar surface area (TPSA) is 57.8 Å². The van der Waals surface area contributed by atoms with Crippen LogP contribution in [0.5, 0.6) is 0 Å². The first-order chi connectivity index (χ1) is 11.5. The van der Waals surface area contributed by atoms with Gasteiger partial charge >= 0.3 is 0 Å². The minimum atomic E-state index is -0.306. The predicted octanol–water partition coefficient (Wildman–Crippen LogP) is 5.60. The average Bonchev–Trinajstić information content (AvgIpc) is 3.04. The minimum absolute atomic E-state index is 0.306. The molecule has 0 unspecified atom stereocenters. The lowest BCUT2D eigenvalue weighted by molar-refractivity contribution is 0.102. The van der Waals surface area contributed by atoms with Gasteiger partial charge < -0.3 is 5.32 Å². The Bertz CT molecular complexity index is 921. The summed E-state index contributed by atoms with van der Waals surface area (Å²) in [4.78, 5) is 12.4. The minimum Gasteiger partial charge on any atom is -0.320 e. The smallest absolute Gasteiger partial charge is 0.273 e. The van der Waals surface area contributed by atoms with Crippen molar-refractivity contribution in [2.24, 2.45) is 0 Å². The Balaban J connectivity index is 1.83. The molecule has 1 amide bonds. The van der Waals surface area contributed by atoms with Crippen LogP contribution in [-0.4, -0.2) is 16.1 Å². The predicted molar refractivity (Wildman–Crippen MR) is 98.2 cm³/mol. The van der Waals surface area contributed by atoms with Gasteiger partial charge in [-0.2, -0.15) is 5.10 Å². The standard InChI is InChI=1S/C17H12Cl3N3O/c1-9-11(18)3-2-4-14(9)21-17(24)16-8-15(22-23-16)10-5-6-12(19)13(20)7-10/h2-8H,1H3,(H,21,24)(H,22,23). The highest BCUT2D eigenvalue weighted by Crippen LogP contribution is 2.28. The third-order valence-electron chi connectivity index (χ3n) is 3.55. The number of halogens is 3. The number of nitrogens with zero attached hydrogens (tertiary/aromatic N) is 1. The quantitative estimate of drug-likeness (QED) is 0.621. The van der Waals surface area contributed by atoms with Gasteiger partial charge in [-0.1, -0.05) is 46.9 Å². The molecule has 0 saturated carbocycles. The fourth-order valence-electron chi connectivity index (χ4n) is 2.17. The highest BCUT2D eigenvalue weighted by Gasteiger charge is 2.13. The molecular formula is C17H12Cl3N3O. The summed E-state index contributed by atoms with van der Waals surface area (Å²) in [6.07, 6.45) is 0. The summed E-state index contributed by atoms with van der Waals surface area (Å²) >= 11 is 18.0. The molecule has 0 spiro atoms.